The summed E-state index contributed by atoms with van der Waals surface area (Å²) in [5, 5.41) is 23.0. The van der Waals surface area contributed by atoms with Crippen molar-refractivity contribution in [3.05, 3.63) is 68.8 Å². The van der Waals surface area contributed by atoms with Gasteiger partial charge in [-0.05, 0) is 55.4 Å². The fourth-order valence-electron chi connectivity index (χ4n) is 2.88. The lowest BCUT2D eigenvalue weighted by Crippen LogP contribution is -2.54. The molecule has 8 nitrogen and oxygen atoms in total. The predicted molar refractivity (Wildman–Crippen MR) is 107 cm³/mol. The highest BCUT2D eigenvalue weighted by Gasteiger charge is 2.35. The van der Waals surface area contributed by atoms with Crippen molar-refractivity contribution in [2.24, 2.45) is 0 Å². The third-order valence-corrected chi connectivity index (χ3v) is 4.49. The number of nitrogens with zero attached hydrogens (tertiary/aromatic N) is 2. The quantitative estimate of drug-likeness (QED) is 0.271. The van der Waals surface area contributed by atoms with E-state index in [0.717, 1.165) is 23.3 Å². The number of phenolic OH excluding ortho intramolecular Hbond substituents is 1. The van der Waals surface area contributed by atoms with Crippen molar-refractivity contribution in [1.29, 1.82) is 0 Å². The lowest BCUT2D eigenvalue weighted by Gasteiger charge is -2.30. The molecule has 3 rings (SSSR count). The first kappa shape index (κ1) is 19.2. The van der Waals surface area contributed by atoms with Gasteiger partial charge in [-0.2, -0.15) is 0 Å². The highest BCUT2D eigenvalue weighted by atomic mass is 32.1. The van der Waals surface area contributed by atoms with Gasteiger partial charge in [0, 0.05) is 6.07 Å². The normalized spacial score (nSPS) is 15.7. The van der Waals surface area contributed by atoms with Crippen molar-refractivity contribution in [3.63, 3.8) is 0 Å². The second-order valence-corrected chi connectivity index (χ2v) is 6.64. The summed E-state index contributed by atoms with van der Waals surface area (Å²) in [6.45, 7) is 3.74. The largest absolute Gasteiger partial charge is 0.502 e. The number of nitro groups is 1. The van der Waals surface area contributed by atoms with Gasteiger partial charge in [-0.15, -0.1) is 0 Å². The summed E-state index contributed by atoms with van der Waals surface area (Å²) in [6, 6.07) is 9.01. The monoisotopic (exact) mass is 397 g/mol. The van der Waals surface area contributed by atoms with E-state index in [9.17, 15) is 24.8 Å². The molecule has 1 heterocycles. The van der Waals surface area contributed by atoms with Crippen LogP contribution in [-0.2, 0) is 9.59 Å². The number of nitro benzene ring substituents is 1. The van der Waals surface area contributed by atoms with Crippen molar-refractivity contribution in [3.8, 4) is 5.75 Å². The van der Waals surface area contributed by atoms with Crippen LogP contribution in [-0.4, -0.2) is 27.0 Å². The molecule has 0 aromatic heterocycles. The Morgan fingerprint density at radius 1 is 1.18 bits per heavy atom. The van der Waals surface area contributed by atoms with E-state index < -0.39 is 28.2 Å². The van der Waals surface area contributed by atoms with Crippen LogP contribution in [0.25, 0.3) is 6.08 Å². The zero-order valence-electron chi connectivity index (χ0n) is 14.9. The Kier molecular flexibility index (Phi) is 4.93. The van der Waals surface area contributed by atoms with Crippen LogP contribution in [0.3, 0.4) is 0 Å². The molecule has 0 atom stereocenters. The molecule has 0 bridgehead atoms. The number of amides is 2. The molecule has 1 fully saturated rings. The van der Waals surface area contributed by atoms with E-state index in [4.69, 9.17) is 12.2 Å². The molecular formula is C19H15N3O5S. The number of carbonyl (C=O) groups excluding carboxylic acids is 2. The maximum absolute atomic E-state index is 13.0. The topological polar surface area (TPSA) is 113 Å². The maximum Gasteiger partial charge on any atom is 0.311 e. The van der Waals surface area contributed by atoms with E-state index in [1.54, 1.807) is 6.07 Å². The number of nitrogens with one attached hydrogen (secondary N) is 1. The molecule has 142 valence electrons. The van der Waals surface area contributed by atoms with E-state index in [2.05, 4.69) is 5.32 Å². The molecule has 0 unspecified atom stereocenters. The van der Waals surface area contributed by atoms with Gasteiger partial charge >= 0.3 is 5.69 Å². The van der Waals surface area contributed by atoms with Gasteiger partial charge in [0.05, 0.1) is 10.6 Å². The summed E-state index contributed by atoms with van der Waals surface area (Å²) in [6.07, 6.45) is 1.22. The first-order valence-corrected chi connectivity index (χ1v) is 8.56. The Morgan fingerprint density at radius 2 is 1.89 bits per heavy atom. The Labute approximate surface area is 165 Å². The van der Waals surface area contributed by atoms with Crippen LogP contribution in [0.2, 0.25) is 0 Å². The lowest BCUT2D eigenvalue weighted by molar-refractivity contribution is -0.385. The minimum absolute atomic E-state index is 0.0456. The predicted octanol–water partition coefficient (Wildman–Crippen LogP) is 2.75. The van der Waals surface area contributed by atoms with Crippen LogP contribution in [0.1, 0.15) is 16.7 Å². The third-order valence-electron chi connectivity index (χ3n) is 4.20. The van der Waals surface area contributed by atoms with Crippen LogP contribution in [0.15, 0.2) is 42.0 Å². The number of carbonyl (C=O) groups is 2. The first-order chi connectivity index (χ1) is 13.2. The number of rotatable bonds is 3. The molecule has 1 aliphatic rings. The fraction of sp³-hybridized carbons (Fsp3) is 0.105. The summed E-state index contributed by atoms with van der Waals surface area (Å²) in [7, 11) is 0. The van der Waals surface area contributed by atoms with Crippen molar-refractivity contribution in [2.45, 2.75) is 13.8 Å². The number of aryl methyl sites for hydroxylation is 2. The van der Waals surface area contributed by atoms with E-state index in [1.165, 1.54) is 17.0 Å². The number of aromatic hydroxyl groups is 1. The van der Waals surface area contributed by atoms with Gasteiger partial charge in [0.1, 0.15) is 5.57 Å². The van der Waals surface area contributed by atoms with Gasteiger partial charge in [0.25, 0.3) is 11.8 Å². The molecule has 0 aliphatic carbocycles. The Bertz CT molecular complexity index is 1080. The molecule has 2 aromatic rings. The summed E-state index contributed by atoms with van der Waals surface area (Å²) < 4.78 is 0. The molecule has 0 spiro atoms. The molecule has 0 saturated carbocycles. The number of anilines is 1. The summed E-state index contributed by atoms with van der Waals surface area (Å²) in [5.74, 6) is -1.85. The molecule has 1 saturated heterocycles. The van der Waals surface area contributed by atoms with Gasteiger partial charge in [-0.1, -0.05) is 23.8 Å². The standard InChI is InChI=1S/C19H15N3O5S/c1-10-3-5-14(11(2)7-10)21-18(25)13(17(24)20-19(21)28)8-12-4-6-16(23)15(9-12)22(26)27/h3-9,23H,1-2H3,(H,20,24,28)/b13-8+. The zero-order chi connectivity index (χ0) is 20.6. The maximum atomic E-state index is 13.0. The SMILES string of the molecule is Cc1ccc(N2C(=O)/C(=C/c3ccc(O)c([N+](=O)[O-])c3)C(=O)NC2=S)c(C)c1. The second kappa shape index (κ2) is 7.20. The minimum Gasteiger partial charge on any atom is -0.502 e. The molecule has 1 aliphatic heterocycles. The summed E-state index contributed by atoms with van der Waals surface area (Å²) >= 11 is 5.17. The van der Waals surface area contributed by atoms with Crippen LogP contribution in [0.5, 0.6) is 5.75 Å². The van der Waals surface area contributed by atoms with Gasteiger partial charge in [-0.3, -0.25) is 29.9 Å². The smallest absolute Gasteiger partial charge is 0.311 e. The molecule has 2 N–H and O–H groups in total. The molecule has 0 radical (unpaired) electrons. The zero-order valence-corrected chi connectivity index (χ0v) is 15.7. The van der Waals surface area contributed by atoms with Crippen LogP contribution in [0.4, 0.5) is 11.4 Å². The summed E-state index contributed by atoms with van der Waals surface area (Å²) in [4.78, 5) is 36.8. The van der Waals surface area contributed by atoms with Gasteiger partial charge in [0.2, 0.25) is 0 Å². The third kappa shape index (κ3) is 3.47. The van der Waals surface area contributed by atoms with Crippen LogP contribution < -0.4 is 10.2 Å². The Hall–Kier alpha value is -3.59. The highest BCUT2D eigenvalue weighted by molar-refractivity contribution is 7.80. The minimum atomic E-state index is -0.753. The summed E-state index contributed by atoms with van der Waals surface area (Å²) in [5.41, 5.74) is 1.80. The van der Waals surface area contributed by atoms with Crippen LogP contribution in [0, 0.1) is 24.0 Å². The highest BCUT2D eigenvalue weighted by Crippen LogP contribution is 2.29. The van der Waals surface area contributed by atoms with Crippen molar-refractivity contribution in [2.75, 3.05) is 4.90 Å². The number of phenols is 1. The molecule has 9 heteroatoms. The average molecular weight is 397 g/mol. The lowest BCUT2D eigenvalue weighted by atomic mass is 10.0. The number of hydrogen-bond donors (Lipinski definition) is 2. The van der Waals surface area contributed by atoms with Crippen molar-refractivity contribution in [1.82, 2.24) is 5.32 Å². The fourth-order valence-corrected chi connectivity index (χ4v) is 3.15. The Morgan fingerprint density at radius 3 is 2.54 bits per heavy atom. The molecule has 2 amide bonds. The van der Waals surface area contributed by atoms with Crippen molar-refractivity contribution < 1.29 is 19.6 Å². The van der Waals surface area contributed by atoms with E-state index >= 15 is 0 Å². The van der Waals surface area contributed by atoms with E-state index in [-0.39, 0.29) is 16.2 Å². The van der Waals surface area contributed by atoms with Crippen LogP contribution >= 0.6 is 12.2 Å². The van der Waals surface area contributed by atoms with Gasteiger partial charge in [-0.25, -0.2) is 0 Å². The van der Waals surface area contributed by atoms with E-state index in [1.807, 2.05) is 26.0 Å². The van der Waals surface area contributed by atoms with Crippen molar-refractivity contribution >= 4 is 46.6 Å². The number of thiocarbonyl (C=S) groups is 1. The van der Waals surface area contributed by atoms with E-state index in [0.29, 0.717) is 5.69 Å². The molecular weight excluding hydrogens is 382 g/mol. The van der Waals surface area contributed by atoms with Gasteiger partial charge in [0.15, 0.2) is 10.9 Å². The molecule has 28 heavy (non-hydrogen) atoms. The second-order valence-electron chi connectivity index (χ2n) is 6.25. The molecule has 2 aromatic carbocycles. The number of hydrogen-bond acceptors (Lipinski definition) is 6. The Balaban J connectivity index is 2.06. The average Bonchev–Trinajstić information content (AvgIpc) is 2.61. The first-order valence-electron chi connectivity index (χ1n) is 8.15. The number of benzene rings is 2. The van der Waals surface area contributed by atoms with Gasteiger partial charge < -0.3 is 5.11 Å².